The summed E-state index contributed by atoms with van der Waals surface area (Å²) in [7, 11) is 0. The Morgan fingerprint density at radius 1 is 0.538 bits per heavy atom. The van der Waals surface area contributed by atoms with Crippen molar-refractivity contribution in [3.05, 3.63) is 0 Å². The molecule has 0 rings (SSSR count). The van der Waals surface area contributed by atoms with Crippen molar-refractivity contribution in [1.82, 2.24) is 0 Å². The molecule has 0 aromatic heterocycles. The van der Waals surface area contributed by atoms with Crippen molar-refractivity contribution < 1.29 is 4.74 Å². The van der Waals surface area contributed by atoms with E-state index in [0.29, 0.717) is 5.92 Å². The molecule has 0 aromatic rings. The highest BCUT2D eigenvalue weighted by molar-refractivity contribution is 6.19. The molecule has 0 aliphatic heterocycles. The van der Waals surface area contributed by atoms with Crippen molar-refractivity contribution in [2.24, 2.45) is 5.92 Å². The van der Waals surface area contributed by atoms with Crippen LogP contribution in [0.1, 0.15) is 136 Å². The molecule has 0 N–H and O–H groups in total. The first kappa shape index (κ1) is 26.2. The Balaban J connectivity index is 3.13. The average molecular weight is 389 g/mol. The SMILES string of the molecule is CCCCCCCCCCCCCCCCCCOC(Cl)C(CC)CC. The number of rotatable bonds is 21. The van der Waals surface area contributed by atoms with E-state index < -0.39 is 0 Å². The minimum Gasteiger partial charge on any atom is -0.362 e. The number of unbranched alkanes of at least 4 members (excludes halogenated alkanes) is 15. The van der Waals surface area contributed by atoms with Gasteiger partial charge in [0.25, 0.3) is 0 Å². The molecule has 0 aliphatic rings. The first-order valence-corrected chi connectivity index (χ1v) is 12.5. The van der Waals surface area contributed by atoms with E-state index in [-0.39, 0.29) is 5.56 Å². The van der Waals surface area contributed by atoms with Gasteiger partial charge in [0.05, 0.1) is 0 Å². The van der Waals surface area contributed by atoms with Gasteiger partial charge < -0.3 is 4.74 Å². The van der Waals surface area contributed by atoms with Crippen LogP contribution in [-0.4, -0.2) is 12.2 Å². The fourth-order valence-corrected chi connectivity index (χ4v) is 4.09. The maximum absolute atomic E-state index is 6.30. The molecule has 0 amide bonds. The van der Waals surface area contributed by atoms with Gasteiger partial charge in [-0.15, -0.1) is 0 Å². The van der Waals surface area contributed by atoms with Gasteiger partial charge in [-0.3, -0.25) is 0 Å². The predicted molar refractivity (Wildman–Crippen MR) is 119 cm³/mol. The Morgan fingerprint density at radius 3 is 1.23 bits per heavy atom. The van der Waals surface area contributed by atoms with Gasteiger partial charge in [0.15, 0.2) is 0 Å². The summed E-state index contributed by atoms with van der Waals surface area (Å²) in [4.78, 5) is 0. The third-order valence-electron chi connectivity index (χ3n) is 5.69. The summed E-state index contributed by atoms with van der Waals surface area (Å²) in [6, 6.07) is 0. The van der Waals surface area contributed by atoms with Crippen molar-refractivity contribution in [2.75, 3.05) is 6.61 Å². The van der Waals surface area contributed by atoms with Crippen molar-refractivity contribution in [3.8, 4) is 0 Å². The molecule has 0 heterocycles. The molecule has 2 heteroatoms. The average Bonchev–Trinajstić information content (AvgIpc) is 2.65. The highest BCUT2D eigenvalue weighted by Gasteiger charge is 2.15. The third kappa shape index (κ3) is 17.7. The first-order chi connectivity index (χ1) is 12.8. The van der Waals surface area contributed by atoms with E-state index >= 15 is 0 Å². The summed E-state index contributed by atoms with van der Waals surface area (Å²) in [6.45, 7) is 7.52. The van der Waals surface area contributed by atoms with Gasteiger partial charge in [-0.25, -0.2) is 0 Å². The molecule has 1 unspecified atom stereocenters. The maximum atomic E-state index is 6.30. The Bertz CT molecular complexity index is 253. The largest absolute Gasteiger partial charge is 0.362 e. The van der Waals surface area contributed by atoms with Crippen molar-refractivity contribution in [1.29, 1.82) is 0 Å². The monoisotopic (exact) mass is 388 g/mol. The molecule has 0 bridgehead atoms. The molecule has 158 valence electrons. The fraction of sp³-hybridized carbons (Fsp3) is 1.00. The third-order valence-corrected chi connectivity index (χ3v) is 6.18. The van der Waals surface area contributed by atoms with Gasteiger partial charge in [-0.05, 0) is 25.2 Å². The molecule has 1 atom stereocenters. The van der Waals surface area contributed by atoms with Crippen LogP contribution in [0.2, 0.25) is 0 Å². The number of halogens is 1. The normalized spacial score (nSPS) is 12.8. The molecule has 0 saturated heterocycles. The number of alkyl halides is 1. The van der Waals surface area contributed by atoms with E-state index in [1.165, 1.54) is 103 Å². The lowest BCUT2D eigenvalue weighted by atomic mass is 10.0. The maximum Gasteiger partial charge on any atom is 0.133 e. The molecule has 0 fully saturated rings. The number of ether oxygens (including phenoxy) is 1. The molecule has 26 heavy (non-hydrogen) atoms. The Labute approximate surface area is 171 Å². The summed E-state index contributed by atoms with van der Waals surface area (Å²) in [5.74, 6) is 0.512. The first-order valence-electron chi connectivity index (χ1n) is 12.0. The molecule has 0 aliphatic carbocycles. The van der Waals surface area contributed by atoms with Crippen LogP contribution in [0.4, 0.5) is 0 Å². The van der Waals surface area contributed by atoms with E-state index in [2.05, 4.69) is 20.8 Å². The smallest absolute Gasteiger partial charge is 0.133 e. The summed E-state index contributed by atoms with van der Waals surface area (Å²) in [5.41, 5.74) is -0.0821. The van der Waals surface area contributed by atoms with Gasteiger partial charge in [-0.2, -0.15) is 0 Å². The summed E-state index contributed by atoms with van der Waals surface area (Å²) < 4.78 is 5.77. The highest BCUT2D eigenvalue weighted by atomic mass is 35.5. The van der Waals surface area contributed by atoms with Gasteiger partial charge in [-0.1, -0.05) is 129 Å². The minimum absolute atomic E-state index is 0.0821. The summed E-state index contributed by atoms with van der Waals surface area (Å²) in [6.07, 6.45) is 24.8. The second-order valence-electron chi connectivity index (χ2n) is 8.10. The summed E-state index contributed by atoms with van der Waals surface area (Å²) >= 11 is 6.30. The van der Waals surface area contributed by atoms with Crippen LogP contribution in [0, 0.1) is 5.92 Å². The molecular weight excluding hydrogens is 340 g/mol. The minimum atomic E-state index is -0.0821. The zero-order chi connectivity index (χ0) is 19.3. The lowest BCUT2D eigenvalue weighted by Gasteiger charge is -2.19. The van der Waals surface area contributed by atoms with Crippen molar-refractivity contribution in [3.63, 3.8) is 0 Å². The molecular formula is C24H49ClO. The van der Waals surface area contributed by atoms with Crippen LogP contribution < -0.4 is 0 Å². The topological polar surface area (TPSA) is 9.23 Å². The highest BCUT2D eigenvalue weighted by Crippen LogP contribution is 2.20. The van der Waals surface area contributed by atoms with Crippen LogP contribution >= 0.6 is 11.6 Å². The zero-order valence-electron chi connectivity index (χ0n) is 18.4. The lowest BCUT2D eigenvalue weighted by molar-refractivity contribution is 0.0622. The van der Waals surface area contributed by atoms with Crippen molar-refractivity contribution in [2.45, 2.75) is 142 Å². The van der Waals surface area contributed by atoms with Gasteiger partial charge in [0.1, 0.15) is 5.56 Å². The van der Waals surface area contributed by atoms with E-state index in [1.807, 2.05) is 0 Å². The molecule has 0 aromatic carbocycles. The van der Waals surface area contributed by atoms with Crippen LogP contribution in [0.3, 0.4) is 0 Å². The van der Waals surface area contributed by atoms with Gasteiger partial charge in [0, 0.05) is 6.61 Å². The van der Waals surface area contributed by atoms with Crippen LogP contribution in [-0.2, 0) is 4.74 Å². The van der Waals surface area contributed by atoms with E-state index in [0.717, 1.165) is 19.4 Å². The van der Waals surface area contributed by atoms with E-state index in [4.69, 9.17) is 16.3 Å². The fourth-order valence-electron chi connectivity index (χ4n) is 3.64. The van der Waals surface area contributed by atoms with E-state index in [9.17, 15) is 0 Å². The number of hydrogen-bond acceptors (Lipinski definition) is 1. The summed E-state index contributed by atoms with van der Waals surface area (Å²) in [5, 5.41) is 0. The molecule has 0 spiro atoms. The Kier molecular flexibility index (Phi) is 21.8. The number of hydrogen-bond donors (Lipinski definition) is 0. The van der Waals surface area contributed by atoms with E-state index in [1.54, 1.807) is 0 Å². The zero-order valence-corrected chi connectivity index (χ0v) is 19.1. The Hall–Kier alpha value is 0.250. The quantitative estimate of drug-likeness (QED) is 0.140. The standard InChI is InChI=1S/C24H49ClO/c1-4-7-8-9-10-11-12-13-14-15-16-17-18-19-20-21-22-26-24(25)23(5-2)6-3/h23-24H,4-22H2,1-3H3. The molecule has 0 saturated carbocycles. The second-order valence-corrected chi connectivity index (χ2v) is 8.53. The molecule has 1 nitrogen and oxygen atoms in total. The second kappa shape index (κ2) is 21.5. The van der Waals surface area contributed by atoms with Crippen LogP contribution in [0.15, 0.2) is 0 Å². The van der Waals surface area contributed by atoms with Crippen molar-refractivity contribution >= 4 is 11.6 Å². The van der Waals surface area contributed by atoms with Gasteiger partial charge >= 0.3 is 0 Å². The van der Waals surface area contributed by atoms with Gasteiger partial charge in [0.2, 0.25) is 0 Å². The lowest BCUT2D eigenvalue weighted by Crippen LogP contribution is -2.17. The van der Waals surface area contributed by atoms with Crippen LogP contribution in [0.25, 0.3) is 0 Å². The molecule has 0 radical (unpaired) electrons. The predicted octanol–water partition coefficient (Wildman–Crippen LogP) is 9.27. The Morgan fingerprint density at radius 2 is 0.885 bits per heavy atom. The van der Waals surface area contributed by atoms with Crippen LogP contribution in [0.5, 0.6) is 0 Å².